The normalized spacial score (nSPS) is 9.69. The van der Waals surface area contributed by atoms with E-state index in [4.69, 9.17) is 4.74 Å². The van der Waals surface area contributed by atoms with Crippen LogP contribution in [0.25, 0.3) is 0 Å². The van der Waals surface area contributed by atoms with E-state index >= 15 is 0 Å². The summed E-state index contributed by atoms with van der Waals surface area (Å²) < 4.78 is 4.96. The highest BCUT2D eigenvalue weighted by Crippen LogP contribution is 2.31. The molecule has 16 heavy (non-hydrogen) atoms. The number of ether oxygens (including phenoxy) is 1. The Kier molecular flexibility index (Phi) is 3.44. The number of nitro groups is 1. The molecule has 6 heteroatoms. The number of nitro benzene ring substituents is 1. The van der Waals surface area contributed by atoms with Crippen molar-refractivity contribution in [2.75, 3.05) is 19.1 Å². The Balaban J connectivity index is 3.30. The van der Waals surface area contributed by atoms with Gasteiger partial charge < -0.3 is 9.64 Å². The van der Waals surface area contributed by atoms with Crippen molar-refractivity contribution < 1.29 is 14.5 Å². The van der Waals surface area contributed by atoms with Crippen molar-refractivity contribution in [2.24, 2.45) is 0 Å². The van der Waals surface area contributed by atoms with Crippen LogP contribution in [0, 0.1) is 10.1 Å². The molecule has 0 saturated carbocycles. The fraction of sp³-hybridized carbons (Fsp3) is 0.300. The Bertz CT molecular complexity index is 431. The van der Waals surface area contributed by atoms with Crippen molar-refractivity contribution in [2.45, 2.75) is 6.92 Å². The second-order valence-electron chi connectivity index (χ2n) is 3.19. The van der Waals surface area contributed by atoms with Gasteiger partial charge in [0.2, 0.25) is 5.91 Å². The second kappa shape index (κ2) is 4.61. The van der Waals surface area contributed by atoms with E-state index in [1.807, 2.05) is 0 Å². The number of rotatable bonds is 3. The lowest BCUT2D eigenvalue weighted by Gasteiger charge is -2.15. The zero-order chi connectivity index (χ0) is 12.3. The first-order valence-electron chi connectivity index (χ1n) is 4.54. The smallest absolute Gasteiger partial charge is 0.293 e. The topological polar surface area (TPSA) is 72.7 Å². The molecule has 0 unspecified atom stereocenters. The van der Waals surface area contributed by atoms with Crippen LogP contribution < -0.4 is 9.64 Å². The van der Waals surface area contributed by atoms with E-state index in [0.29, 0.717) is 5.75 Å². The lowest BCUT2D eigenvalue weighted by atomic mass is 10.2. The molecule has 0 spiro atoms. The summed E-state index contributed by atoms with van der Waals surface area (Å²) in [5.74, 6) is 0.185. The summed E-state index contributed by atoms with van der Waals surface area (Å²) in [5, 5.41) is 10.8. The molecule has 1 aromatic carbocycles. The van der Waals surface area contributed by atoms with Gasteiger partial charge in [-0.1, -0.05) is 0 Å². The predicted molar refractivity (Wildman–Crippen MR) is 58.7 cm³/mol. The molecule has 6 nitrogen and oxygen atoms in total. The fourth-order valence-corrected chi connectivity index (χ4v) is 1.22. The maximum absolute atomic E-state index is 11.2. The zero-order valence-corrected chi connectivity index (χ0v) is 9.26. The lowest BCUT2D eigenvalue weighted by Crippen LogP contribution is -2.23. The maximum atomic E-state index is 11.2. The summed E-state index contributed by atoms with van der Waals surface area (Å²) in [4.78, 5) is 22.6. The van der Waals surface area contributed by atoms with E-state index in [9.17, 15) is 14.9 Å². The average Bonchev–Trinajstić information content (AvgIpc) is 2.26. The minimum absolute atomic E-state index is 0.126. The summed E-state index contributed by atoms with van der Waals surface area (Å²) in [5.41, 5.74) is 0.0929. The minimum Gasteiger partial charge on any atom is -0.497 e. The first kappa shape index (κ1) is 12.0. The summed E-state index contributed by atoms with van der Waals surface area (Å²) in [6, 6.07) is 4.25. The predicted octanol–water partition coefficient (Wildman–Crippen LogP) is 1.59. The molecule has 0 heterocycles. The van der Waals surface area contributed by atoms with Gasteiger partial charge >= 0.3 is 0 Å². The first-order chi connectivity index (χ1) is 7.47. The van der Waals surface area contributed by atoms with Gasteiger partial charge in [0.25, 0.3) is 5.69 Å². The standard InChI is InChI=1S/C10H12N2O4/c1-7(13)11(2)10-6-8(16-3)4-5-9(10)12(14)15/h4-6H,1-3H3. The van der Waals surface area contributed by atoms with E-state index in [1.54, 1.807) is 0 Å². The molecule has 0 atom stereocenters. The second-order valence-corrected chi connectivity index (χ2v) is 3.19. The molecule has 0 aliphatic carbocycles. The highest BCUT2D eigenvalue weighted by molar-refractivity contribution is 5.93. The molecule has 0 bridgehead atoms. The van der Waals surface area contributed by atoms with Crippen LogP contribution in [-0.4, -0.2) is 25.0 Å². The lowest BCUT2D eigenvalue weighted by molar-refractivity contribution is -0.384. The van der Waals surface area contributed by atoms with Crippen LogP contribution in [0.3, 0.4) is 0 Å². The van der Waals surface area contributed by atoms with Gasteiger partial charge in [-0.15, -0.1) is 0 Å². The Morgan fingerprint density at radius 2 is 2.12 bits per heavy atom. The van der Waals surface area contributed by atoms with Gasteiger partial charge in [-0.2, -0.15) is 0 Å². The molecule has 1 aromatic rings. The highest BCUT2D eigenvalue weighted by Gasteiger charge is 2.19. The van der Waals surface area contributed by atoms with Crippen LogP contribution in [0.5, 0.6) is 5.75 Å². The molecule has 0 aromatic heterocycles. The number of anilines is 1. The van der Waals surface area contributed by atoms with E-state index in [2.05, 4.69) is 0 Å². The van der Waals surface area contributed by atoms with E-state index in [1.165, 1.54) is 44.2 Å². The number of carbonyl (C=O) groups is 1. The zero-order valence-electron chi connectivity index (χ0n) is 9.26. The van der Waals surface area contributed by atoms with Crippen molar-refractivity contribution >= 4 is 17.3 Å². The third-order valence-corrected chi connectivity index (χ3v) is 2.21. The molecule has 1 rings (SSSR count). The number of hydrogen-bond donors (Lipinski definition) is 0. The monoisotopic (exact) mass is 224 g/mol. The minimum atomic E-state index is -0.534. The number of carbonyl (C=O) groups excluding carboxylic acids is 1. The van der Waals surface area contributed by atoms with E-state index in [0.717, 1.165) is 0 Å². The number of benzene rings is 1. The molecule has 0 fully saturated rings. The van der Waals surface area contributed by atoms with Gasteiger partial charge in [0.05, 0.1) is 12.0 Å². The van der Waals surface area contributed by atoms with Gasteiger partial charge in [-0.3, -0.25) is 14.9 Å². The van der Waals surface area contributed by atoms with Crippen molar-refractivity contribution in [1.82, 2.24) is 0 Å². The van der Waals surface area contributed by atoms with Gasteiger partial charge in [0.1, 0.15) is 11.4 Å². The number of methoxy groups -OCH3 is 1. The van der Waals surface area contributed by atoms with Gasteiger partial charge in [0.15, 0.2) is 0 Å². The van der Waals surface area contributed by atoms with Crippen molar-refractivity contribution in [3.8, 4) is 5.75 Å². The summed E-state index contributed by atoms with van der Waals surface area (Å²) in [6.07, 6.45) is 0. The van der Waals surface area contributed by atoms with Crippen molar-refractivity contribution in [3.63, 3.8) is 0 Å². The van der Waals surface area contributed by atoms with Gasteiger partial charge in [-0.25, -0.2) is 0 Å². The third-order valence-electron chi connectivity index (χ3n) is 2.21. The van der Waals surface area contributed by atoms with Crippen LogP contribution in [0.15, 0.2) is 18.2 Å². The molecular formula is C10H12N2O4. The summed E-state index contributed by atoms with van der Waals surface area (Å²) in [7, 11) is 2.93. The van der Waals surface area contributed by atoms with Gasteiger partial charge in [-0.05, 0) is 6.07 Å². The quantitative estimate of drug-likeness (QED) is 0.577. The number of amides is 1. The third kappa shape index (κ3) is 2.28. The molecule has 0 radical (unpaired) electrons. The van der Waals surface area contributed by atoms with Crippen LogP contribution in [-0.2, 0) is 4.79 Å². The molecule has 0 N–H and O–H groups in total. The highest BCUT2D eigenvalue weighted by atomic mass is 16.6. The Morgan fingerprint density at radius 3 is 2.56 bits per heavy atom. The molecule has 86 valence electrons. The average molecular weight is 224 g/mol. The SMILES string of the molecule is COc1ccc([N+](=O)[O-])c(N(C)C(C)=O)c1. The van der Waals surface area contributed by atoms with Crippen LogP contribution in [0.4, 0.5) is 11.4 Å². The van der Waals surface area contributed by atoms with Crippen LogP contribution in [0.1, 0.15) is 6.92 Å². The van der Waals surface area contributed by atoms with E-state index in [-0.39, 0.29) is 17.3 Å². The Hall–Kier alpha value is -2.11. The maximum Gasteiger partial charge on any atom is 0.293 e. The Morgan fingerprint density at radius 1 is 1.50 bits per heavy atom. The molecule has 0 saturated heterocycles. The largest absolute Gasteiger partial charge is 0.497 e. The van der Waals surface area contributed by atoms with Crippen molar-refractivity contribution in [1.29, 1.82) is 0 Å². The van der Waals surface area contributed by atoms with Crippen LogP contribution >= 0.6 is 0 Å². The molecule has 0 aliphatic rings. The van der Waals surface area contributed by atoms with E-state index < -0.39 is 4.92 Å². The molecule has 1 amide bonds. The fourth-order valence-electron chi connectivity index (χ4n) is 1.22. The molecule has 0 aliphatic heterocycles. The summed E-state index contributed by atoms with van der Waals surface area (Å²) >= 11 is 0. The Labute approximate surface area is 92.6 Å². The number of nitrogens with zero attached hydrogens (tertiary/aromatic N) is 2. The first-order valence-corrected chi connectivity index (χ1v) is 4.54. The molecular weight excluding hydrogens is 212 g/mol. The van der Waals surface area contributed by atoms with Crippen LogP contribution in [0.2, 0.25) is 0 Å². The summed E-state index contributed by atoms with van der Waals surface area (Å²) in [6.45, 7) is 1.34. The van der Waals surface area contributed by atoms with Crippen molar-refractivity contribution in [3.05, 3.63) is 28.3 Å². The van der Waals surface area contributed by atoms with Gasteiger partial charge in [0, 0.05) is 26.1 Å². The number of hydrogen-bond acceptors (Lipinski definition) is 4.